The molecule has 1 aliphatic heterocycles. The first-order valence-corrected chi connectivity index (χ1v) is 10.3. The highest BCUT2D eigenvalue weighted by Crippen LogP contribution is 2.37. The van der Waals surface area contributed by atoms with E-state index in [9.17, 15) is 5.11 Å². The third-order valence-electron chi connectivity index (χ3n) is 5.94. The number of H-pyrrole nitrogens is 1. The predicted octanol–water partition coefficient (Wildman–Crippen LogP) is 3.79. The molecule has 31 heavy (non-hydrogen) atoms. The number of hydrogen-bond acceptors (Lipinski definition) is 4. The van der Waals surface area contributed by atoms with Crippen LogP contribution in [0.2, 0.25) is 0 Å². The van der Waals surface area contributed by atoms with Crippen LogP contribution in [0.5, 0.6) is 5.75 Å². The molecule has 4 heterocycles. The van der Waals surface area contributed by atoms with Gasteiger partial charge in [0, 0.05) is 44.6 Å². The van der Waals surface area contributed by atoms with Crippen LogP contribution in [-0.2, 0) is 26.7 Å². The standard InChI is InChI=1S/C24H22N6O/c1-29-22(24-26-19-10-17-12-25-13-18(17)11-20(19)27-24)23(31)21(28-29)16-6-4-15(5-7-16)14-30-8-2-3-9-30/h2-11,25,31H,12-14H2,1H3,(H,26,27). The SMILES string of the molecule is Cn1nc(-c2ccc(Cn3cccc3)cc2)c(O)c1-c1nc2cc3c(cc2[nH]1)CNC3. The second kappa shape index (κ2) is 6.85. The van der Waals surface area contributed by atoms with Gasteiger partial charge in [-0.15, -0.1) is 0 Å². The maximum Gasteiger partial charge on any atom is 0.173 e. The van der Waals surface area contributed by atoms with Crippen molar-refractivity contribution in [3.63, 3.8) is 0 Å². The molecule has 0 saturated carbocycles. The summed E-state index contributed by atoms with van der Waals surface area (Å²) in [6.45, 7) is 2.56. The summed E-state index contributed by atoms with van der Waals surface area (Å²) in [6.07, 6.45) is 4.09. The summed E-state index contributed by atoms with van der Waals surface area (Å²) in [5.74, 6) is 0.753. The van der Waals surface area contributed by atoms with Gasteiger partial charge in [0.05, 0.1) is 11.0 Å². The van der Waals surface area contributed by atoms with Gasteiger partial charge in [0.15, 0.2) is 11.6 Å². The molecule has 2 aromatic carbocycles. The lowest BCUT2D eigenvalue weighted by molar-refractivity contribution is 0.478. The highest BCUT2D eigenvalue weighted by Gasteiger charge is 2.22. The summed E-state index contributed by atoms with van der Waals surface area (Å²) in [5, 5.41) is 19.0. The first-order chi connectivity index (χ1) is 15.2. The van der Waals surface area contributed by atoms with Crippen molar-refractivity contribution >= 4 is 11.0 Å². The zero-order valence-electron chi connectivity index (χ0n) is 17.1. The Morgan fingerprint density at radius 1 is 1.03 bits per heavy atom. The lowest BCUT2D eigenvalue weighted by Gasteiger charge is -2.04. The largest absolute Gasteiger partial charge is 0.504 e. The summed E-state index contributed by atoms with van der Waals surface area (Å²) >= 11 is 0. The van der Waals surface area contributed by atoms with Crippen molar-refractivity contribution < 1.29 is 5.11 Å². The second-order valence-corrected chi connectivity index (χ2v) is 8.05. The van der Waals surface area contributed by atoms with E-state index in [0.29, 0.717) is 17.2 Å². The predicted molar refractivity (Wildman–Crippen MR) is 119 cm³/mol. The van der Waals surface area contributed by atoms with Crippen molar-refractivity contribution in [1.82, 2.24) is 29.6 Å². The van der Waals surface area contributed by atoms with Crippen molar-refractivity contribution in [2.75, 3.05) is 0 Å². The number of aromatic nitrogens is 5. The number of nitrogens with zero attached hydrogens (tertiary/aromatic N) is 4. The summed E-state index contributed by atoms with van der Waals surface area (Å²) < 4.78 is 3.81. The first kappa shape index (κ1) is 18.0. The second-order valence-electron chi connectivity index (χ2n) is 8.05. The van der Waals surface area contributed by atoms with Crippen LogP contribution >= 0.6 is 0 Å². The molecule has 0 atom stereocenters. The third-order valence-corrected chi connectivity index (χ3v) is 5.94. The number of fused-ring (bicyclic) bond motifs is 2. The molecule has 7 nitrogen and oxygen atoms in total. The Bertz CT molecular complexity index is 1350. The van der Waals surface area contributed by atoms with Crippen LogP contribution < -0.4 is 5.32 Å². The molecule has 7 heteroatoms. The molecule has 6 rings (SSSR count). The molecule has 0 radical (unpaired) electrons. The number of nitrogens with one attached hydrogen (secondary N) is 2. The molecule has 0 amide bonds. The average molecular weight is 410 g/mol. The number of rotatable bonds is 4. The molecular formula is C24H22N6O. The molecule has 0 aliphatic carbocycles. The van der Waals surface area contributed by atoms with E-state index in [1.165, 1.54) is 16.7 Å². The molecule has 0 spiro atoms. The van der Waals surface area contributed by atoms with E-state index < -0.39 is 0 Å². The van der Waals surface area contributed by atoms with E-state index in [2.05, 4.69) is 44.2 Å². The molecule has 0 unspecified atom stereocenters. The molecule has 0 bridgehead atoms. The number of hydrogen-bond donors (Lipinski definition) is 3. The topological polar surface area (TPSA) is 83.7 Å². The minimum Gasteiger partial charge on any atom is -0.504 e. The molecule has 3 aromatic heterocycles. The molecule has 5 aromatic rings. The summed E-state index contributed by atoms with van der Waals surface area (Å²) in [7, 11) is 1.83. The van der Waals surface area contributed by atoms with Gasteiger partial charge in [-0.2, -0.15) is 5.10 Å². The number of aromatic hydroxyl groups is 1. The molecule has 154 valence electrons. The molecule has 0 saturated heterocycles. The fourth-order valence-corrected chi connectivity index (χ4v) is 4.35. The van der Waals surface area contributed by atoms with Crippen LogP contribution in [0.15, 0.2) is 60.9 Å². The first-order valence-electron chi connectivity index (χ1n) is 10.3. The summed E-state index contributed by atoms with van der Waals surface area (Å²) in [4.78, 5) is 8.10. The smallest absolute Gasteiger partial charge is 0.173 e. The highest BCUT2D eigenvalue weighted by atomic mass is 16.3. The van der Waals surface area contributed by atoms with E-state index in [-0.39, 0.29) is 5.75 Å². The van der Waals surface area contributed by atoms with Gasteiger partial charge in [0.2, 0.25) is 0 Å². The lowest BCUT2D eigenvalue weighted by atomic mass is 10.1. The van der Waals surface area contributed by atoms with E-state index in [4.69, 9.17) is 4.98 Å². The van der Waals surface area contributed by atoms with Gasteiger partial charge < -0.3 is 20.0 Å². The Hall–Kier alpha value is -3.84. The Morgan fingerprint density at radius 3 is 2.55 bits per heavy atom. The Balaban J connectivity index is 1.35. The monoisotopic (exact) mass is 410 g/mol. The number of aryl methyl sites for hydroxylation is 1. The summed E-state index contributed by atoms with van der Waals surface area (Å²) in [5.41, 5.74) is 7.63. The maximum atomic E-state index is 11.0. The minimum absolute atomic E-state index is 0.133. The third kappa shape index (κ3) is 3.02. The van der Waals surface area contributed by atoms with Gasteiger partial charge in [-0.25, -0.2) is 4.98 Å². The van der Waals surface area contributed by atoms with Crippen LogP contribution in [0, 0.1) is 0 Å². The fraction of sp³-hybridized carbons (Fsp3) is 0.167. The molecular weight excluding hydrogens is 388 g/mol. The van der Waals surface area contributed by atoms with Crippen LogP contribution in [-0.4, -0.2) is 29.4 Å². The van der Waals surface area contributed by atoms with E-state index in [1.54, 1.807) is 4.68 Å². The van der Waals surface area contributed by atoms with Gasteiger partial charge in [-0.05, 0) is 41.0 Å². The normalized spacial score (nSPS) is 13.2. The summed E-state index contributed by atoms with van der Waals surface area (Å²) in [6, 6.07) is 16.4. The van der Waals surface area contributed by atoms with E-state index >= 15 is 0 Å². The van der Waals surface area contributed by atoms with Gasteiger partial charge in [0.1, 0.15) is 11.4 Å². The van der Waals surface area contributed by atoms with Crippen molar-refractivity contribution in [3.05, 3.63) is 77.6 Å². The van der Waals surface area contributed by atoms with Crippen LogP contribution in [0.3, 0.4) is 0 Å². The van der Waals surface area contributed by atoms with Crippen LogP contribution in [0.1, 0.15) is 16.7 Å². The average Bonchev–Trinajstić information content (AvgIpc) is 3.54. The van der Waals surface area contributed by atoms with Crippen molar-refractivity contribution in [3.8, 4) is 28.5 Å². The fourth-order valence-electron chi connectivity index (χ4n) is 4.35. The van der Waals surface area contributed by atoms with Gasteiger partial charge in [0.25, 0.3) is 0 Å². The van der Waals surface area contributed by atoms with Crippen LogP contribution in [0.4, 0.5) is 0 Å². The van der Waals surface area contributed by atoms with E-state index in [1.807, 2.05) is 43.7 Å². The van der Waals surface area contributed by atoms with Crippen molar-refractivity contribution in [2.24, 2.45) is 7.05 Å². The van der Waals surface area contributed by atoms with Gasteiger partial charge >= 0.3 is 0 Å². The quantitative estimate of drug-likeness (QED) is 0.421. The van der Waals surface area contributed by atoms with Crippen molar-refractivity contribution in [2.45, 2.75) is 19.6 Å². The lowest BCUT2D eigenvalue weighted by Crippen LogP contribution is -1.99. The Labute approximate surface area is 179 Å². The molecule has 0 fully saturated rings. The Kier molecular flexibility index (Phi) is 3.97. The molecule has 1 aliphatic rings. The highest BCUT2D eigenvalue weighted by molar-refractivity contribution is 5.83. The van der Waals surface area contributed by atoms with Gasteiger partial charge in [-0.3, -0.25) is 4.68 Å². The minimum atomic E-state index is 0.133. The van der Waals surface area contributed by atoms with Crippen molar-refractivity contribution in [1.29, 1.82) is 0 Å². The Morgan fingerprint density at radius 2 is 1.77 bits per heavy atom. The number of imidazole rings is 1. The molecule has 3 N–H and O–H groups in total. The van der Waals surface area contributed by atoms with Crippen LogP contribution in [0.25, 0.3) is 33.8 Å². The zero-order chi connectivity index (χ0) is 20.9. The zero-order valence-corrected chi connectivity index (χ0v) is 17.1. The maximum absolute atomic E-state index is 11.0. The number of benzene rings is 2. The van der Waals surface area contributed by atoms with Gasteiger partial charge in [-0.1, -0.05) is 24.3 Å². The van der Waals surface area contributed by atoms with E-state index in [0.717, 1.165) is 36.2 Å². The number of aromatic amines is 1.